The van der Waals surface area contributed by atoms with Crippen molar-refractivity contribution >= 4 is 21.7 Å². The Kier molecular flexibility index (Phi) is 5.21. The molecule has 0 aliphatic heterocycles. The quantitative estimate of drug-likeness (QED) is 0.485. The van der Waals surface area contributed by atoms with Gasteiger partial charge in [0.15, 0.2) is 5.76 Å². The molecule has 4 rings (SSSR count). The van der Waals surface area contributed by atoms with Gasteiger partial charge in [-0.2, -0.15) is 0 Å². The first-order chi connectivity index (χ1) is 14.4. The van der Waals surface area contributed by atoms with E-state index in [-0.39, 0.29) is 10.9 Å². The summed E-state index contributed by atoms with van der Waals surface area (Å²) < 4.78 is 34.4. The Morgan fingerprint density at radius 2 is 1.83 bits per heavy atom. The number of hydrogen-bond donors (Lipinski definition) is 2. The van der Waals surface area contributed by atoms with Gasteiger partial charge in [0.2, 0.25) is 10.0 Å². The molecule has 0 saturated carbocycles. The first kappa shape index (κ1) is 19.6. The number of aromatic nitrogens is 2. The first-order valence-electron chi connectivity index (χ1n) is 8.89. The predicted molar refractivity (Wildman–Crippen MR) is 113 cm³/mol. The Morgan fingerprint density at radius 1 is 1.00 bits per heavy atom. The van der Waals surface area contributed by atoms with E-state index in [2.05, 4.69) is 15.3 Å². The molecule has 152 valence electrons. The van der Waals surface area contributed by atoms with E-state index in [1.54, 1.807) is 12.4 Å². The lowest BCUT2D eigenvalue weighted by molar-refractivity contribution is 0.416. The molecular weight excluding hydrogens is 404 g/mol. The van der Waals surface area contributed by atoms with Crippen LogP contribution < -0.4 is 15.2 Å². The van der Waals surface area contributed by atoms with E-state index in [4.69, 9.17) is 14.3 Å². The van der Waals surface area contributed by atoms with Crippen molar-refractivity contribution in [2.75, 3.05) is 12.4 Å². The van der Waals surface area contributed by atoms with Gasteiger partial charge in [-0.1, -0.05) is 24.3 Å². The number of methoxy groups -OCH3 is 1. The van der Waals surface area contributed by atoms with Crippen LogP contribution >= 0.6 is 0 Å². The number of primary sulfonamides is 1. The molecule has 2 aromatic carbocycles. The summed E-state index contributed by atoms with van der Waals surface area (Å²) in [6, 6.07) is 17.8. The molecule has 0 amide bonds. The molecule has 4 aromatic rings. The second kappa shape index (κ2) is 7.97. The Morgan fingerprint density at radius 3 is 2.57 bits per heavy atom. The Bertz CT molecular complexity index is 1290. The number of sulfonamides is 1. The minimum atomic E-state index is -3.86. The molecule has 3 N–H and O–H groups in total. The average Bonchev–Trinajstić information content (AvgIpc) is 3.22. The molecule has 0 fully saturated rings. The van der Waals surface area contributed by atoms with E-state index in [1.165, 1.54) is 25.3 Å². The van der Waals surface area contributed by atoms with Gasteiger partial charge < -0.3 is 14.5 Å². The van der Waals surface area contributed by atoms with Gasteiger partial charge in [-0.15, -0.1) is 0 Å². The summed E-state index contributed by atoms with van der Waals surface area (Å²) in [6.45, 7) is 0. The second-order valence-corrected chi connectivity index (χ2v) is 7.92. The Balaban J connectivity index is 1.63. The molecular formula is C21H18N4O4S. The molecule has 30 heavy (non-hydrogen) atoms. The number of hydrogen-bond acceptors (Lipinski definition) is 7. The zero-order chi connectivity index (χ0) is 21.1. The number of nitrogens with zero attached hydrogens (tertiary/aromatic N) is 2. The van der Waals surface area contributed by atoms with Crippen LogP contribution in [0.4, 0.5) is 11.7 Å². The van der Waals surface area contributed by atoms with Crippen molar-refractivity contribution in [3.05, 3.63) is 73.1 Å². The number of pyridine rings is 1. The highest BCUT2D eigenvalue weighted by Gasteiger charge is 2.15. The summed E-state index contributed by atoms with van der Waals surface area (Å²) in [6.07, 6.45) is 3.32. The van der Waals surface area contributed by atoms with E-state index in [1.807, 2.05) is 42.5 Å². The summed E-state index contributed by atoms with van der Waals surface area (Å²) in [5.74, 6) is 0.955. The second-order valence-electron chi connectivity index (χ2n) is 6.36. The third-order valence-corrected chi connectivity index (χ3v) is 5.27. The lowest BCUT2D eigenvalue weighted by Crippen LogP contribution is -2.12. The van der Waals surface area contributed by atoms with Gasteiger partial charge >= 0.3 is 0 Å². The molecule has 2 heterocycles. The SMILES string of the molecule is COc1ccc(S(N)(=O)=O)cc1Nc1ncc(-c2cccc(-c3ccccn3)c2)o1. The fourth-order valence-electron chi connectivity index (χ4n) is 2.91. The maximum atomic E-state index is 11.6. The summed E-state index contributed by atoms with van der Waals surface area (Å²) in [5.41, 5.74) is 2.98. The van der Waals surface area contributed by atoms with E-state index in [9.17, 15) is 8.42 Å². The van der Waals surface area contributed by atoms with Gasteiger partial charge in [0.05, 0.1) is 29.6 Å². The Labute approximate surface area is 173 Å². The van der Waals surface area contributed by atoms with Gasteiger partial charge in [0.1, 0.15) is 5.75 Å². The molecule has 2 aromatic heterocycles. The molecule has 0 bridgehead atoms. The lowest BCUT2D eigenvalue weighted by Gasteiger charge is -2.10. The summed E-state index contributed by atoms with van der Waals surface area (Å²) >= 11 is 0. The van der Waals surface area contributed by atoms with Gasteiger partial charge in [0, 0.05) is 17.3 Å². The van der Waals surface area contributed by atoms with Crippen molar-refractivity contribution < 1.29 is 17.6 Å². The number of nitrogens with one attached hydrogen (secondary N) is 1. The van der Waals surface area contributed by atoms with Crippen molar-refractivity contribution in [2.24, 2.45) is 5.14 Å². The van der Waals surface area contributed by atoms with Crippen LogP contribution in [0.25, 0.3) is 22.6 Å². The molecule has 0 atom stereocenters. The van der Waals surface area contributed by atoms with Crippen LogP contribution in [0, 0.1) is 0 Å². The van der Waals surface area contributed by atoms with Crippen LogP contribution in [0.15, 0.2) is 82.4 Å². The normalized spacial score (nSPS) is 11.3. The van der Waals surface area contributed by atoms with Crippen molar-refractivity contribution in [1.29, 1.82) is 0 Å². The zero-order valence-electron chi connectivity index (χ0n) is 15.9. The topological polar surface area (TPSA) is 120 Å². The number of rotatable bonds is 6. The molecule has 9 heteroatoms. The van der Waals surface area contributed by atoms with Crippen molar-refractivity contribution in [2.45, 2.75) is 4.90 Å². The summed E-state index contributed by atoms with van der Waals surface area (Å²) in [7, 11) is -2.39. The van der Waals surface area contributed by atoms with Gasteiger partial charge in [-0.05, 0) is 36.4 Å². The van der Waals surface area contributed by atoms with Crippen LogP contribution in [-0.2, 0) is 10.0 Å². The number of oxazole rings is 1. The molecule has 0 spiro atoms. The van der Waals surface area contributed by atoms with Crippen molar-refractivity contribution in [1.82, 2.24) is 9.97 Å². The van der Waals surface area contributed by atoms with Crippen LogP contribution in [0.3, 0.4) is 0 Å². The van der Waals surface area contributed by atoms with Gasteiger partial charge in [0.25, 0.3) is 6.01 Å². The maximum Gasteiger partial charge on any atom is 0.299 e. The average molecular weight is 422 g/mol. The fourth-order valence-corrected chi connectivity index (χ4v) is 3.45. The molecule has 0 aliphatic carbocycles. The third kappa shape index (κ3) is 4.17. The van der Waals surface area contributed by atoms with Crippen LogP contribution in [0.5, 0.6) is 5.75 Å². The van der Waals surface area contributed by atoms with Crippen LogP contribution in [0.1, 0.15) is 0 Å². The number of anilines is 2. The van der Waals surface area contributed by atoms with Crippen molar-refractivity contribution in [3.8, 4) is 28.3 Å². The number of ether oxygens (including phenoxy) is 1. The molecule has 0 aliphatic rings. The maximum absolute atomic E-state index is 11.6. The minimum absolute atomic E-state index is 0.0550. The Hall–Kier alpha value is -3.69. The van der Waals surface area contributed by atoms with E-state index < -0.39 is 10.0 Å². The molecule has 0 radical (unpaired) electrons. The van der Waals surface area contributed by atoms with E-state index in [0.29, 0.717) is 17.2 Å². The largest absolute Gasteiger partial charge is 0.495 e. The predicted octanol–water partition coefficient (Wildman–Crippen LogP) is 3.80. The van der Waals surface area contributed by atoms with Crippen LogP contribution in [-0.4, -0.2) is 25.5 Å². The van der Waals surface area contributed by atoms with E-state index >= 15 is 0 Å². The molecule has 8 nitrogen and oxygen atoms in total. The number of benzene rings is 2. The van der Waals surface area contributed by atoms with Gasteiger partial charge in [-0.3, -0.25) is 4.98 Å². The smallest absolute Gasteiger partial charge is 0.299 e. The highest BCUT2D eigenvalue weighted by molar-refractivity contribution is 7.89. The highest BCUT2D eigenvalue weighted by Crippen LogP contribution is 2.32. The van der Waals surface area contributed by atoms with E-state index in [0.717, 1.165) is 16.8 Å². The summed E-state index contributed by atoms with van der Waals surface area (Å²) in [5, 5.41) is 8.15. The number of nitrogens with two attached hydrogens (primary N) is 1. The zero-order valence-corrected chi connectivity index (χ0v) is 16.8. The first-order valence-corrected chi connectivity index (χ1v) is 10.4. The minimum Gasteiger partial charge on any atom is -0.495 e. The molecule has 0 saturated heterocycles. The highest BCUT2D eigenvalue weighted by atomic mass is 32.2. The molecule has 0 unspecified atom stereocenters. The standard InChI is InChI=1S/C21H18N4O4S/c1-28-19-9-8-16(30(22,26)27)12-18(19)25-21-24-13-20(29-21)15-6-4-5-14(11-15)17-7-2-3-10-23-17/h2-13H,1H3,(H,24,25)(H2,22,26,27). The third-order valence-electron chi connectivity index (χ3n) is 4.35. The van der Waals surface area contributed by atoms with Gasteiger partial charge in [-0.25, -0.2) is 18.5 Å². The monoisotopic (exact) mass is 422 g/mol. The fraction of sp³-hybridized carbons (Fsp3) is 0.0476. The van der Waals surface area contributed by atoms with Crippen molar-refractivity contribution in [3.63, 3.8) is 0 Å². The lowest BCUT2D eigenvalue weighted by atomic mass is 10.1. The summed E-state index contributed by atoms with van der Waals surface area (Å²) in [4.78, 5) is 8.53. The van der Waals surface area contributed by atoms with Crippen LogP contribution in [0.2, 0.25) is 0 Å².